The summed E-state index contributed by atoms with van der Waals surface area (Å²) in [5.41, 5.74) is 1.20. The number of hydrogen-bond donors (Lipinski definition) is 0. The highest BCUT2D eigenvalue weighted by molar-refractivity contribution is 6.30. The van der Waals surface area contributed by atoms with Gasteiger partial charge in [-0.05, 0) is 25.8 Å². The van der Waals surface area contributed by atoms with Gasteiger partial charge in [0.25, 0.3) is 0 Å². The van der Waals surface area contributed by atoms with E-state index in [1.54, 1.807) is 0 Å². The van der Waals surface area contributed by atoms with Crippen LogP contribution in [0.4, 0.5) is 0 Å². The van der Waals surface area contributed by atoms with Crippen molar-refractivity contribution < 1.29 is 31.1 Å². The van der Waals surface area contributed by atoms with Crippen molar-refractivity contribution in [3.63, 3.8) is 0 Å². The number of pyridine rings is 1. The maximum atomic E-state index is 12.4. The molecular formula is C17H20BrClN2O2. The zero-order valence-corrected chi connectivity index (χ0v) is 15.4. The Hall–Kier alpha value is -1.20. The summed E-state index contributed by atoms with van der Waals surface area (Å²) >= 11 is 6.02. The second-order valence-corrected chi connectivity index (χ2v) is 6.59. The van der Waals surface area contributed by atoms with Crippen LogP contribution in [0.1, 0.15) is 24.8 Å². The van der Waals surface area contributed by atoms with Crippen molar-refractivity contribution in [1.82, 2.24) is 4.90 Å². The fourth-order valence-corrected chi connectivity index (χ4v) is 3.58. The highest BCUT2D eigenvalue weighted by Gasteiger charge is 2.47. The van der Waals surface area contributed by atoms with Crippen molar-refractivity contribution in [3.8, 4) is 0 Å². The minimum absolute atomic E-state index is 0. The van der Waals surface area contributed by atoms with E-state index in [1.165, 1.54) is 10.5 Å². The van der Waals surface area contributed by atoms with E-state index in [2.05, 4.69) is 10.8 Å². The summed E-state index contributed by atoms with van der Waals surface area (Å²) in [4.78, 5) is 26.2. The van der Waals surface area contributed by atoms with Gasteiger partial charge in [0.05, 0.1) is 11.8 Å². The van der Waals surface area contributed by atoms with Gasteiger partial charge in [-0.3, -0.25) is 14.5 Å². The molecule has 2 aliphatic rings. The first-order valence-electron chi connectivity index (χ1n) is 7.71. The zero-order valence-electron chi connectivity index (χ0n) is 13.0. The van der Waals surface area contributed by atoms with Gasteiger partial charge in [0, 0.05) is 29.6 Å². The summed E-state index contributed by atoms with van der Waals surface area (Å²) in [6.45, 7) is 3.34. The molecule has 1 fully saturated rings. The van der Waals surface area contributed by atoms with E-state index in [9.17, 15) is 9.59 Å². The lowest BCUT2D eigenvalue weighted by Crippen LogP contribution is -3.00. The van der Waals surface area contributed by atoms with Crippen molar-refractivity contribution in [1.29, 1.82) is 0 Å². The molecule has 2 amide bonds. The van der Waals surface area contributed by atoms with E-state index < -0.39 is 0 Å². The van der Waals surface area contributed by atoms with E-state index in [0.717, 1.165) is 13.0 Å². The molecule has 0 saturated carbocycles. The number of rotatable bonds is 4. The van der Waals surface area contributed by atoms with Crippen molar-refractivity contribution in [2.75, 3.05) is 6.54 Å². The molecular weight excluding hydrogens is 380 g/mol. The van der Waals surface area contributed by atoms with Gasteiger partial charge >= 0.3 is 0 Å². The number of amides is 2. The number of aromatic nitrogens is 1. The Kier molecular flexibility index (Phi) is 5.98. The van der Waals surface area contributed by atoms with Crippen LogP contribution in [0.25, 0.3) is 0 Å². The lowest BCUT2D eigenvalue weighted by molar-refractivity contribution is -0.697. The van der Waals surface area contributed by atoms with Crippen LogP contribution >= 0.6 is 11.6 Å². The maximum absolute atomic E-state index is 12.4. The lowest BCUT2D eigenvalue weighted by atomic mass is 9.85. The molecule has 1 aliphatic heterocycles. The fourth-order valence-electron chi connectivity index (χ4n) is 3.32. The number of carbonyl (C=O) groups excluding carboxylic acids is 2. The van der Waals surface area contributed by atoms with E-state index >= 15 is 0 Å². The third kappa shape index (κ3) is 3.83. The molecule has 1 aromatic heterocycles. The monoisotopic (exact) mass is 398 g/mol. The Labute approximate surface area is 151 Å². The van der Waals surface area contributed by atoms with E-state index in [1.807, 2.05) is 31.3 Å². The fraction of sp³-hybridized carbons (Fsp3) is 0.471. The average Bonchev–Trinajstić information content (AvgIpc) is 2.72. The van der Waals surface area contributed by atoms with Crippen LogP contribution < -0.4 is 21.5 Å². The number of hydrogen-bond acceptors (Lipinski definition) is 2. The van der Waals surface area contributed by atoms with Gasteiger partial charge in [0.15, 0.2) is 12.4 Å². The number of nitrogens with zero attached hydrogens (tertiary/aromatic N) is 2. The molecule has 0 N–H and O–H groups in total. The van der Waals surface area contributed by atoms with Crippen LogP contribution in [0, 0.1) is 18.8 Å². The Morgan fingerprint density at radius 2 is 2.04 bits per heavy atom. The standard InChI is InChI=1S/C17H20ClN2O2.BrH/c1-12-4-2-7-19(11-12)8-3-9-20-16(21)14-6-5-13(18)10-15(14)17(20)22;/h2,4-5,7,11,14-15H,3,6,8-10H2,1H3;1H/q+1;/p-1. The number of imide groups is 1. The predicted octanol–water partition coefficient (Wildman–Crippen LogP) is -0.806. The van der Waals surface area contributed by atoms with Crippen LogP contribution in [-0.2, 0) is 16.1 Å². The number of likely N-dealkylation sites (tertiary alicyclic amines) is 1. The molecule has 124 valence electrons. The highest BCUT2D eigenvalue weighted by Crippen LogP contribution is 2.38. The molecule has 0 radical (unpaired) electrons. The normalized spacial score (nSPS) is 23.4. The number of fused-ring (bicyclic) bond motifs is 1. The first-order chi connectivity index (χ1) is 10.6. The van der Waals surface area contributed by atoms with Crippen molar-refractivity contribution in [2.45, 2.75) is 32.7 Å². The Bertz CT molecular complexity index is 647. The summed E-state index contributed by atoms with van der Waals surface area (Å²) in [5.74, 6) is -0.501. The topological polar surface area (TPSA) is 41.3 Å². The number of carbonyl (C=O) groups is 2. The van der Waals surface area contributed by atoms with Gasteiger partial charge < -0.3 is 17.0 Å². The summed E-state index contributed by atoms with van der Waals surface area (Å²) in [6, 6.07) is 4.05. The van der Waals surface area contributed by atoms with Gasteiger partial charge in [-0.15, -0.1) is 0 Å². The van der Waals surface area contributed by atoms with Gasteiger partial charge in [-0.25, -0.2) is 4.57 Å². The molecule has 1 saturated heterocycles. The Morgan fingerprint density at radius 3 is 2.78 bits per heavy atom. The molecule has 4 nitrogen and oxygen atoms in total. The van der Waals surface area contributed by atoms with Gasteiger partial charge in [0.1, 0.15) is 6.54 Å². The minimum atomic E-state index is -0.239. The Morgan fingerprint density at radius 1 is 1.30 bits per heavy atom. The van der Waals surface area contributed by atoms with Gasteiger partial charge in [0.2, 0.25) is 11.8 Å². The molecule has 1 aliphatic carbocycles. The Balaban J connectivity index is 0.00000192. The third-order valence-corrected chi connectivity index (χ3v) is 4.77. The first kappa shape index (κ1) is 18.1. The highest BCUT2D eigenvalue weighted by atomic mass is 79.9. The largest absolute Gasteiger partial charge is 1.00 e. The molecule has 0 spiro atoms. The lowest BCUT2D eigenvalue weighted by Gasteiger charge is -2.17. The number of halogens is 2. The van der Waals surface area contributed by atoms with E-state index in [4.69, 9.17) is 11.6 Å². The molecule has 23 heavy (non-hydrogen) atoms. The number of allylic oxidation sites excluding steroid dienone is 2. The van der Waals surface area contributed by atoms with E-state index in [0.29, 0.717) is 24.4 Å². The molecule has 3 rings (SSSR count). The molecule has 2 atom stereocenters. The van der Waals surface area contributed by atoms with Gasteiger partial charge in [-0.2, -0.15) is 0 Å². The smallest absolute Gasteiger partial charge is 0.233 e. The molecule has 0 bridgehead atoms. The second-order valence-electron chi connectivity index (χ2n) is 6.10. The quantitative estimate of drug-likeness (QED) is 0.491. The van der Waals surface area contributed by atoms with Crippen LogP contribution in [0.5, 0.6) is 0 Å². The minimum Gasteiger partial charge on any atom is -1.00 e. The maximum Gasteiger partial charge on any atom is 0.233 e. The van der Waals surface area contributed by atoms with Crippen LogP contribution in [0.15, 0.2) is 35.6 Å². The van der Waals surface area contributed by atoms with Crippen molar-refractivity contribution >= 4 is 23.4 Å². The van der Waals surface area contributed by atoms with Crippen LogP contribution in [0.3, 0.4) is 0 Å². The van der Waals surface area contributed by atoms with Crippen LogP contribution in [-0.4, -0.2) is 23.3 Å². The molecule has 0 aromatic carbocycles. The summed E-state index contributed by atoms with van der Waals surface area (Å²) in [5, 5.41) is 0.708. The molecule has 2 heterocycles. The predicted molar refractivity (Wildman–Crippen MR) is 82.9 cm³/mol. The molecule has 2 unspecified atom stereocenters. The number of aryl methyl sites for hydroxylation is 2. The third-order valence-electron chi connectivity index (χ3n) is 4.46. The average molecular weight is 400 g/mol. The second kappa shape index (κ2) is 7.58. The summed E-state index contributed by atoms with van der Waals surface area (Å²) < 4.78 is 2.09. The van der Waals surface area contributed by atoms with E-state index in [-0.39, 0.29) is 40.6 Å². The first-order valence-corrected chi connectivity index (χ1v) is 8.09. The zero-order chi connectivity index (χ0) is 15.7. The van der Waals surface area contributed by atoms with Crippen LogP contribution in [0.2, 0.25) is 0 Å². The van der Waals surface area contributed by atoms with Gasteiger partial charge in [-0.1, -0.05) is 17.7 Å². The molecule has 6 heteroatoms. The summed E-state index contributed by atoms with van der Waals surface area (Å²) in [7, 11) is 0. The SMILES string of the molecule is Cc1ccc[n+](CCCN2C(=O)C3CC=C(Cl)CC3C2=O)c1.[Br-]. The van der Waals surface area contributed by atoms with Crippen molar-refractivity contribution in [2.24, 2.45) is 11.8 Å². The summed E-state index contributed by atoms with van der Waals surface area (Å²) in [6.07, 6.45) is 7.82. The molecule has 1 aromatic rings. The van der Waals surface area contributed by atoms with Crippen molar-refractivity contribution in [3.05, 3.63) is 41.2 Å².